The fourth-order valence-electron chi connectivity index (χ4n) is 4.68. The fraction of sp³-hybridized carbons (Fsp3) is 0.375. The van der Waals surface area contributed by atoms with E-state index in [9.17, 15) is 31.9 Å². The van der Waals surface area contributed by atoms with Crippen molar-refractivity contribution in [2.45, 2.75) is 38.5 Å². The van der Waals surface area contributed by atoms with E-state index in [1.807, 2.05) is 0 Å². The van der Waals surface area contributed by atoms with Crippen molar-refractivity contribution in [3.05, 3.63) is 65.0 Å². The average Bonchev–Trinajstić information content (AvgIpc) is 2.72. The van der Waals surface area contributed by atoms with Gasteiger partial charge in [0.25, 0.3) is 5.91 Å². The molecule has 2 heterocycles. The van der Waals surface area contributed by atoms with Crippen molar-refractivity contribution in [3.63, 3.8) is 0 Å². The second-order valence-corrected chi connectivity index (χ2v) is 8.81. The molecule has 3 amide bonds. The van der Waals surface area contributed by atoms with Gasteiger partial charge in [0.15, 0.2) is 5.54 Å². The van der Waals surface area contributed by atoms with Gasteiger partial charge in [-0.15, -0.1) is 0 Å². The van der Waals surface area contributed by atoms with Gasteiger partial charge in [-0.25, -0.2) is 4.39 Å². The molecule has 1 unspecified atom stereocenters. The SMILES string of the molecule is CC(=O)N1CC2(C1)C(=O)N(c1ccc(C)cc1F)CC(=O)N2C(C)c1ccc(C(F)(F)F)cc1. The Morgan fingerprint density at radius 3 is 2.21 bits per heavy atom. The first kappa shape index (κ1) is 23.7. The summed E-state index contributed by atoms with van der Waals surface area (Å²) in [6.45, 7) is 4.06. The number of alkyl halides is 3. The third-order valence-electron chi connectivity index (χ3n) is 6.52. The number of benzene rings is 2. The van der Waals surface area contributed by atoms with Crippen molar-refractivity contribution >= 4 is 23.4 Å². The monoisotopic (exact) mass is 477 g/mol. The van der Waals surface area contributed by atoms with E-state index in [1.165, 1.54) is 41.0 Å². The number of piperazine rings is 1. The van der Waals surface area contributed by atoms with Crippen molar-refractivity contribution in [1.82, 2.24) is 9.80 Å². The predicted octanol–water partition coefficient (Wildman–Crippen LogP) is 3.69. The van der Waals surface area contributed by atoms with E-state index in [-0.39, 0.29) is 24.7 Å². The molecule has 0 saturated carbocycles. The number of rotatable bonds is 3. The van der Waals surface area contributed by atoms with Crippen LogP contribution in [0.25, 0.3) is 0 Å². The van der Waals surface area contributed by atoms with Crippen molar-refractivity contribution in [2.24, 2.45) is 0 Å². The van der Waals surface area contributed by atoms with E-state index < -0.39 is 47.5 Å². The van der Waals surface area contributed by atoms with E-state index >= 15 is 0 Å². The third kappa shape index (κ3) is 3.80. The molecule has 0 aliphatic carbocycles. The smallest absolute Gasteiger partial charge is 0.337 e. The molecule has 1 atom stereocenters. The topological polar surface area (TPSA) is 60.9 Å². The molecule has 2 aliphatic rings. The van der Waals surface area contributed by atoms with Gasteiger partial charge in [0.2, 0.25) is 11.8 Å². The van der Waals surface area contributed by atoms with Crippen LogP contribution in [0.4, 0.5) is 23.2 Å². The van der Waals surface area contributed by atoms with Crippen molar-refractivity contribution in [3.8, 4) is 0 Å². The minimum Gasteiger partial charge on any atom is -0.337 e. The lowest BCUT2D eigenvalue weighted by Gasteiger charge is -2.59. The van der Waals surface area contributed by atoms with Gasteiger partial charge < -0.3 is 9.80 Å². The maximum absolute atomic E-state index is 14.7. The van der Waals surface area contributed by atoms with Gasteiger partial charge in [0.1, 0.15) is 12.4 Å². The molecule has 2 aromatic carbocycles. The number of nitrogens with zero attached hydrogens (tertiary/aromatic N) is 3. The minimum atomic E-state index is -4.51. The molecule has 10 heteroatoms. The van der Waals surface area contributed by atoms with Crippen LogP contribution in [0.3, 0.4) is 0 Å². The van der Waals surface area contributed by atoms with Crippen LogP contribution >= 0.6 is 0 Å². The highest BCUT2D eigenvalue weighted by Crippen LogP contribution is 2.41. The van der Waals surface area contributed by atoms with Crippen molar-refractivity contribution in [2.75, 3.05) is 24.5 Å². The molecule has 2 saturated heterocycles. The molecule has 2 fully saturated rings. The number of amides is 3. The molecule has 0 N–H and O–H groups in total. The van der Waals surface area contributed by atoms with Gasteiger partial charge in [-0.05, 0) is 49.2 Å². The molecule has 2 aliphatic heterocycles. The fourth-order valence-corrected chi connectivity index (χ4v) is 4.68. The zero-order chi connectivity index (χ0) is 25.0. The second-order valence-electron chi connectivity index (χ2n) is 8.81. The Kier molecular flexibility index (Phi) is 5.65. The summed E-state index contributed by atoms with van der Waals surface area (Å²) in [5, 5.41) is 0. The molecule has 34 heavy (non-hydrogen) atoms. The first-order chi connectivity index (χ1) is 15.8. The molecular formula is C24H23F4N3O3. The predicted molar refractivity (Wildman–Crippen MR) is 115 cm³/mol. The third-order valence-corrected chi connectivity index (χ3v) is 6.52. The summed E-state index contributed by atoms with van der Waals surface area (Å²) in [5.41, 5.74) is -1.25. The summed E-state index contributed by atoms with van der Waals surface area (Å²) in [6, 6.07) is 7.95. The van der Waals surface area contributed by atoms with Gasteiger partial charge >= 0.3 is 6.18 Å². The van der Waals surface area contributed by atoms with Crippen LogP contribution in [0.1, 0.15) is 36.6 Å². The maximum atomic E-state index is 14.7. The van der Waals surface area contributed by atoms with E-state index in [4.69, 9.17) is 0 Å². The number of halogens is 4. The Labute approximate surface area is 193 Å². The number of aryl methyl sites for hydroxylation is 1. The Bertz CT molecular complexity index is 1160. The largest absolute Gasteiger partial charge is 0.416 e. The van der Waals surface area contributed by atoms with Gasteiger partial charge in [0.05, 0.1) is 30.4 Å². The number of carbonyl (C=O) groups is 3. The Morgan fingerprint density at radius 1 is 1.06 bits per heavy atom. The Balaban J connectivity index is 1.72. The van der Waals surface area contributed by atoms with Crippen LogP contribution in [-0.4, -0.2) is 52.7 Å². The van der Waals surface area contributed by atoms with Crippen LogP contribution in [0.2, 0.25) is 0 Å². The number of hydrogen-bond acceptors (Lipinski definition) is 3. The Hall–Kier alpha value is -3.43. The number of anilines is 1. The van der Waals surface area contributed by atoms with Crippen LogP contribution in [0, 0.1) is 12.7 Å². The number of carbonyl (C=O) groups excluding carboxylic acids is 3. The van der Waals surface area contributed by atoms with Crippen LogP contribution in [0.15, 0.2) is 42.5 Å². The molecule has 0 bridgehead atoms. The zero-order valence-electron chi connectivity index (χ0n) is 18.8. The summed E-state index contributed by atoms with van der Waals surface area (Å²) < 4.78 is 53.6. The first-order valence-electron chi connectivity index (χ1n) is 10.7. The lowest BCUT2D eigenvalue weighted by Crippen LogP contribution is -2.81. The van der Waals surface area contributed by atoms with Gasteiger partial charge in [-0.2, -0.15) is 13.2 Å². The maximum Gasteiger partial charge on any atom is 0.416 e. The molecule has 2 aromatic rings. The second kappa shape index (κ2) is 8.11. The number of hydrogen-bond donors (Lipinski definition) is 0. The summed E-state index contributed by atoms with van der Waals surface area (Å²) in [6.07, 6.45) is -4.51. The van der Waals surface area contributed by atoms with E-state index in [2.05, 4.69) is 0 Å². The normalized spacial score (nSPS) is 18.9. The zero-order valence-corrected chi connectivity index (χ0v) is 18.8. The van der Waals surface area contributed by atoms with Gasteiger partial charge in [0, 0.05) is 6.92 Å². The molecule has 0 radical (unpaired) electrons. The summed E-state index contributed by atoms with van der Waals surface area (Å²) >= 11 is 0. The lowest BCUT2D eigenvalue weighted by molar-refractivity contribution is -0.172. The molecular weight excluding hydrogens is 454 g/mol. The van der Waals surface area contributed by atoms with E-state index in [1.54, 1.807) is 19.9 Å². The van der Waals surface area contributed by atoms with Crippen LogP contribution < -0.4 is 4.90 Å². The minimum absolute atomic E-state index is 0.0357. The van der Waals surface area contributed by atoms with Gasteiger partial charge in [-0.3, -0.25) is 19.3 Å². The summed E-state index contributed by atoms with van der Waals surface area (Å²) in [5.74, 6) is -1.96. The lowest BCUT2D eigenvalue weighted by atomic mass is 9.81. The van der Waals surface area contributed by atoms with Crippen LogP contribution in [-0.2, 0) is 20.6 Å². The van der Waals surface area contributed by atoms with Crippen molar-refractivity contribution < 1.29 is 31.9 Å². The number of likely N-dealkylation sites (tertiary alicyclic amines) is 1. The summed E-state index contributed by atoms with van der Waals surface area (Å²) in [4.78, 5) is 42.8. The average molecular weight is 477 g/mol. The van der Waals surface area contributed by atoms with E-state index in [0.717, 1.165) is 17.0 Å². The molecule has 6 nitrogen and oxygen atoms in total. The molecule has 180 valence electrons. The van der Waals surface area contributed by atoms with Crippen molar-refractivity contribution in [1.29, 1.82) is 0 Å². The quantitative estimate of drug-likeness (QED) is 0.634. The van der Waals surface area contributed by atoms with Gasteiger partial charge in [-0.1, -0.05) is 18.2 Å². The first-order valence-corrected chi connectivity index (χ1v) is 10.7. The standard InChI is InChI=1S/C24H23F4N3O3/c1-14-4-9-20(19(25)10-14)30-11-21(33)31(23(22(30)34)12-29(13-23)16(3)32)15(2)17-5-7-18(8-6-17)24(26,27)28/h4-10,15H,11-13H2,1-3H3. The highest BCUT2D eigenvalue weighted by atomic mass is 19.4. The molecule has 0 aromatic heterocycles. The highest BCUT2D eigenvalue weighted by Gasteiger charge is 2.61. The molecule has 1 spiro atoms. The highest BCUT2D eigenvalue weighted by molar-refractivity contribution is 6.11. The molecule has 4 rings (SSSR count). The Morgan fingerprint density at radius 2 is 1.68 bits per heavy atom. The summed E-state index contributed by atoms with van der Waals surface area (Å²) in [7, 11) is 0. The van der Waals surface area contributed by atoms with Crippen LogP contribution in [0.5, 0.6) is 0 Å². The van der Waals surface area contributed by atoms with E-state index in [0.29, 0.717) is 11.1 Å².